The molecule has 0 spiro atoms. The first kappa shape index (κ1) is 16.8. The molecule has 1 atom stereocenters. The number of hydrogen-bond acceptors (Lipinski definition) is 3. The third kappa shape index (κ3) is 4.67. The minimum absolute atomic E-state index is 0.132. The van der Waals surface area contributed by atoms with E-state index in [0.717, 1.165) is 19.4 Å². The van der Waals surface area contributed by atoms with Crippen molar-refractivity contribution >= 4 is 23.3 Å². The van der Waals surface area contributed by atoms with Gasteiger partial charge in [0.15, 0.2) is 0 Å². The van der Waals surface area contributed by atoms with E-state index in [2.05, 4.69) is 43.3 Å². The van der Waals surface area contributed by atoms with Gasteiger partial charge in [-0.1, -0.05) is 39.3 Å². The second-order valence-corrected chi connectivity index (χ2v) is 5.59. The van der Waals surface area contributed by atoms with Gasteiger partial charge in [0, 0.05) is 12.6 Å². The van der Waals surface area contributed by atoms with Crippen molar-refractivity contribution in [2.24, 2.45) is 5.92 Å². The third-order valence-electron chi connectivity index (χ3n) is 3.18. The molecular formula is C15H24ClN3O. The highest BCUT2D eigenvalue weighted by molar-refractivity contribution is 6.33. The van der Waals surface area contributed by atoms with Crippen molar-refractivity contribution in [3.63, 3.8) is 0 Å². The molecule has 112 valence electrons. The molecule has 1 aromatic rings. The molecule has 0 aliphatic rings. The smallest absolute Gasteiger partial charge is 0.271 e. The number of rotatable bonds is 7. The van der Waals surface area contributed by atoms with Crippen LogP contribution in [-0.2, 0) is 0 Å². The zero-order valence-corrected chi connectivity index (χ0v) is 13.4. The van der Waals surface area contributed by atoms with Crippen LogP contribution in [-0.4, -0.2) is 23.5 Å². The lowest BCUT2D eigenvalue weighted by atomic mass is 10.0. The number of amides is 1. The molecule has 1 rings (SSSR count). The zero-order valence-electron chi connectivity index (χ0n) is 12.7. The van der Waals surface area contributed by atoms with Gasteiger partial charge >= 0.3 is 0 Å². The number of nitrogens with zero attached hydrogens (tertiary/aromatic N) is 1. The summed E-state index contributed by atoms with van der Waals surface area (Å²) in [5.74, 6) is 0.846. The summed E-state index contributed by atoms with van der Waals surface area (Å²) in [7, 11) is 0. The fourth-order valence-electron chi connectivity index (χ4n) is 1.93. The van der Waals surface area contributed by atoms with Gasteiger partial charge in [0.05, 0.1) is 5.02 Å². The van der Waals surface area contributed by atoms with Crippen molar-refractivity contribution < 1.29 is 4.79 Å². The van der Waals surface area contributed by atoms with Crippen molar-refractivity contribution in [3.8, 4) is 0 Å². The van der Waals surface area contributed by atoms with E-state index in [1.54, 1.807) is 12.1 Å². The van der Waals surface area contributed by atoms with Gasteiger partial charge in [-0.25, -0.2) is 4.98 Å². The van der Waals surface area contributed by atoms with E-state index in [4.69, 9.17) is 11.6 Å². The molecule has 0 saturated heterocycles. The van der Waals surface area contributed by atoms with E-state index < -0.39 is 0 Å². The average Bonchev–Trinajstić information content (AvgIpc) is 2.43. The molecule has 0 radical (unpaired) electrons. The SMILES string of the molecule is CCCNc1ccc(Cl)c(C(=O)NC(CC)C(C)C)n1. The van der Waals surface area contributed by atoms with E-state index in [0.29, 0.717) is 16.8 Å². The van der Waals surface area contributed by atoms with Gasteiger partial charge in [-0.05, 0) is 30.9 Å². The first-order chi connectivity index (χ1) is 9.49. The molecule has 2 N–H and O–H groups in total. The van der Waals surface area contributed by atoms with Crippen molar-refractivity contribution in [1.82, 2.24) is 10.3 Å². The lowest BCUT2D eigenvalue weighted by molar-refractivity contribution is 0.0920. The van der Waals surface area contributed by atoms with Crippen LogP contribution in [0.4, 0.5) is 5.82 Å². The summed E-state index contributed by atoms with van der Waals surface area (Å²) in [6, 6.07) is 3.62. The van der Waals surface area contributed by atoms with Gasteiger partial charge < -0.3 is 10.6 Å². The summed E-state index contributed by atoms with van der Waals surface area (Å²) < 4.78 is 0. The van der Waals surface area contributed by atoms with Crippen LogP contribution >= 0.6 is 11.6 Å². The maximum absolute atomic E-state index is 12.3. The van der Waals surface area contributed by atoms with Crippen LogP contribution in [0, 0.1) is 5.92 Å². The van der Waals surface area contributed by atoms with E-state index in [1.165, 1.54) is 0 Å². The maximum atomic E-state index is 12.3. The summed E-state index contributed by atoms with van der Waals surface area (Å²) in [6.45, 7) is 9.12. The van der Waals surface area contributed by atoms with Crippen molar-refractivity contribution in [2.45, 2.75) is 46.6 Å². The Morgan fingerprint density at radius 2 is 2.05 bits per heavy atom. The quantitative estimate of drug-likeness (QED) is 0.806. The van der Waals surface area contributed by atoms with Crippen LogP contribution in [0.25, 0.3) is 0 Å². The average molecular weight is 298 g/mol. The largest absolute Gasteiger partial charge is 0.370 e. The molecule has 1 unspecified atom stereocenters. The highest BCUT2D eigenvalue weighted by Gasteiger charge is 2.18. The second kappa shape index (κ2) is 8.10. The molecule has 0 fully saturated rings. The van der Waals surface area contributed by atoms with Crippen LogP contribution in [0.3, 0.4) is 0 Å². The number of aromatic nitrogens is 1. The summed E-state index contributed by atoms with van der Waals surface area (Å²) in [6.07, 6.45) is 1.88. The van der Waals surface area contributed by atoms with Gasteiger partial charge in [0.1, 0.15) is 11.5 Å². The standard InChI is InChI=1S/C15H24ClN3O/c1-5-9-17-13-8-7-11(16)14(19-13)15(20)18-12(6-2)10(3)4/h7-8,10,12H,5-6,9H2,1-4H3,(H,17,19)(H,18,20). The van der Waals surface area contributed by atoms with Gasteiger partial charge in [-0.15, -0.1) is 0 Å². The highest BCUT2D eigenvalue weighted by atomic mass is 35.5. The number of hydrogen-bond donors (Lipinski definition) is 2. The molecule has 0 aromatic carbocycles. The molecule has 0 saturated carbocycles. The van der Waals surface area contributed by atoms with Gasteiger partial charge in [-0.3, -0.25) is 4.79 Å². The summed E-state index contributed by atoms with van der Waals surface area (Å²) >= 11 is 6.08. The van der Waals surface area contributed by atoms with Crippen molar-refractivity contribution in [2.75, 3.05) is 11.9 Å². The molecule has 0 bridgehead atoms. The van der Waals surface area contributed by atoms with Crippen LogP contribution in [0.2, 0.25) is 5.02 Å². The molecule has 5 heteroatoms. The number of halogens is 1. The van der Waals surface area contributed by atoms with Gasteiger partial charge in [-0.2, -0.15) is 0 Å². The Labute approximate surface area is 126 Å². The second-order valence-electron chi connectivity index (χ2n) is 5.19. The Morgan fingerprint density at radius 3 is 2.60 bits per heavy atom. The molecule has 20 heavy (non-hydrogen) atoms. The summed E-state index contributed by atoms with van der Waals surface area (Å²) in [4.78, 5) is 16.6. The fourth-order valence-corrected chi connectivity index (χ4v) is 2.12. The number of anilines is 1. The molecule has 4 nitrogen and oxygen atoms in total. The highest BCUT2D eigenvalue weighted by Crippen LogP contribution is 2.17. The third-order valence-corrected chi connectivity index (χ3v) is 3.48. The molecule has 1 heterocycles. The van der Waals surface area contributed by atoms with E-state index in [-0.39, 0.29) is 17.6 Å². The Bertz CT molecular complexity index is 449. The van der Waals surface area contributed by atoms with Crippen molar-refractivity contribution in [1.29, 1.82) is 0 Å². The molecule has 1 aromatic heterocycles. The van der Waals surface area contributed by atoms with Crippen LogP contribution in [0.5, 0.6) is 0 Å². The Morgan fingerprint density at radius 1 is 1.35 bits per heavy atom. The number of pyridine rings is 1. The van der Waals surface area contributed by atoms with Crippen LogP contribution in [0.15, 0.2) is 12.1 Å². The minimum atomic E-state index is -0.212. The Balaban J connectivity index is 2.85. The van der Waals surface area contributed by atoms with E-state index in [9.17, 15) is 4.79 Å². The topological polar surface area (TPSA) is 54.0 Å². The van der Waals surface area contributed by atoms with E-state index in [1.807, 2.05) is 0 Å². The molecule has 1 amide bonds. The van der Waals surface area contributed by atoms with Crippen molar-refractivity contribution in [3.05, 3.63) is 22.8 Å². The van der Waals surface area contributed by atoms with Gasteiger partial charge in [0.25, 0.3) is 5.91 Å². The summed E-state index contributed by atoms with van der Waals surface area (Å²) in [5.41, 5.74) is 0.284. The number of carbonyl (C=O) groups excluding carboxylic acids is 1. The zero-order chi connectivity index (χ0) is 15.1. The lowest BCUT2D eigenvalue weighted by Gasteiger charge is -2.20. The fraction of sp³-hybridized carbons (Fsp3) is 0.600. The molecule has 0 aliphatic heterocycles. The van der Waals surface area contributed by atoms with Crippen LogP contribution in [0.1, 0.15) is 51.0 Å². The van der Waals surface area contributed by atoms with E-state index >= 15 is 0 Å². The predicted octanol–water partition coefficient (Wildman–Crippen LogP) is 3.72. The summed E-state index contributed by atoms with van der Waals surface area (Å²) in [5, 5.41) is 6.53. The molecule has 0 aliphatic carbocycles. The minimum Gasteiger partial charge on any atom is -0.370 e. The Hall–Kier alpha value is -1.29. The first-order valence-electron chi connectivity index (χ1n) is 7.20. The normalized spacial score (nSPS) is 12.3. The molecular weight excluding hydrogens is 274 g/mol. The van der Waals surface area contributed by atoms with Gasteiger partial charge in [0.2, 0.25) is 0 Å². The number of nitrogens with one attached hydrogen (secondary N) is 2. The monoisotopic (exact) mass is 297 g/mol. The maximum Gasteiger partial charge on any atom is 0.271 e. The predicted molar refractivity (Wildman–Crippen MR) is 84.4 cm³/mol. The lowest BCUT2D eigenvalue weighted by Crippen LogP contribution is -2.38. The van der Waals surface area contributed by atoms with Crippen LogP contribution < -0.4 is 10.6 Å². The first-order valence-corrected chi connectivity index (χ1v) is 7.58. The number of carbonyl (C=O) groups is 1. The Kier molecular flexibility index (Phi) is 6.79.